The summed E-state index contributed by atoms with van der Waals surface area (Å²) >= 11 is 0. The summed E-state index contributed by atoms with van der Waals surface area (Å²) in [6.07, 6.45) is 5.01. The minimum Gasteiger partial charge on any atom is -0.478 e. The zero-order valence-corrected chi connectivity index (χ0v) is 9.01. The summed E-state index contributed by atoms with van der Waals surface area (Å²) in [4.78, 5) is 19.1. The second kappa shape index (κ2) is 3.77. The summed E-state index contributed by atoms with van der Waals surface area (Å²) in [5.74, 6) is -0.456. The van der Waals surface area contributed by atoms with E-state index < -0.39 is 5.97 Å². The smallest absolute Gasteiger partial charge is 0.339 e. The Morgan fingerprint density at radius 3 is 2.81 bits per heavy atom. The lowest BCUT2D eigenvalue weighted by Crippen LogP contribution is -2.04. The molecule has 0 spiro atoms. The van der Waals surface area contributed by atoms with Gasteiger partial charge in [-0.1, -0.05) is 0 Å². The summed E-state index contributed by atoms with van der Waals surface area (Å²) in [6, 6.07) is 1.83. The molecule has 0 unspecified atom stereocenters. The van der Waals surface area contributed by atoms with Crippen LogP contribution in [0.3, 0.4) is 0 Å². The normalized spacial score (nSPS) is 10.4. The highest BCUT2D eigenvalue weighted by Gasteiger charge is 2.14. The first-order chi connectivity index (χ1) is 7.58. The highest BCUT2D eigenvalue weighted by atomic mass is 16.4. The third-order valence-electron chi connectivity index (χ3n) is 2.25. The van der Waals surface area contributed by atoms with Gasteiger partial charge in [-0.3, -0.25) is 0 Å². The number of aromatic nitrogens is 3. The van der Waals surface area contributed by atoms with E-state index in [-0.39, 0.29) is 5.56 Å². The van der Waals surface area contributed by atoms with Crippen LogP contribution < -0.4 is 0 Å². The van der Waals surface area contributed by atoms with Gasteiger partial charge < -0.3 is 9.67 Å². The molecule has 1 N–H and O–H groups in total. The first-order valence-corrected chi connectivity index (χ1v) is 4.77. The van der Waals surface area contributed by atoms with E-state index in [1.165, 1.54) is 6.20 Å². The van der Waals surface area contributed by atoms with Gasteiger partial charge in [-0.2, -0.15) is 0 Å². The summed E-state index contributed by atoms with van der Waals surface area (Å²) in [6.45, 7) is 1.73. The molecule has 0 amide bonds. The molecule has 2 aromatic heterocycles. The Balaban J connectivity index is 2.62. The van der Waals surface area contributed by atoms with Gasteiger partial charge in [0, 0.05) is 31.2 Å². The van der Waals surface area contributed by atoms with Gasteiger partial charge in [0.15, 0.2) is 0 Å². The second-order valence-corrected chi connectivity index (χ2v) is 3.55. The van der Waals surface area contributed by atoms with Gasteiger partial charge in [0.05, 0.1) is 5.69 Å². The molecule has 0 aromatic carbocycles. The molecule has 0 aliphatic rings. The van der Waals surface area contributed by atoms with Crippen LogP contribution in [-0.2, 0) is 7.05 Å². The van der Waals surface area contributed by atoms with Gasteiger partial charge in [-0.05, 0) is 13.0 Å². The van der Waals surface area contributed by atoms with Crippen molar-refractivity contribution < 1.29 is 9.90 Å². The van der Waals surface area contributed by atoms with E-state index in [0.29, 0.717) is 11.5 Å². The Kier molecular flexibility index (Phi) is 2.44. The topological polar surface area (TPSA) is 68.0 Å². The lowest BCUT2D eigenvalue weighted by Gasteiger charge is -2.03. The number of carboxylic acids is 1. The SMILES string of the molecule is Cc1ncc(C(=O)O)c(-c2ccn(C)c2)n1. The van der Waals surface area contributed by atoms with Crippen molar-refractivity contribution in [1.29, 1.82) is 0 Å². The highest BCUT2D eigenvalue weighted by molar-refractivity contribution is 5.94. The van der Waals surface area contributed by atoms with Crippen molar-refractivity contribution in [2.45, 2.75) is 6.92 Å². The van der Waals surface area contributed by atoms with E-state index >= 15 is 0 Å². The molecule has 82 valence electrons. The van der Waals surface area contributed by atoms with Crippen LogP contribution in [0.15, 0.2) is 24.7 Å². The van der Waals surface area contributed by atoms with Crippen molar-refractivity contribution in [3.05, 3.63) is 36.0 Å². The second-order valence-electron chi connectivity index (χ2n) is 3.55. The maximum absolute atomic E-state index is 11.0. The number of rotatable bonds is 2. The number of hydrogen-bond acceptors (Lipinski definition) is 3. The third-order valence-corrected chi connectivity index (χ3v) is 2.25. The van der Waals surface area contributed by atoms with Crippen LogP contribution in [0.4, 0.5) is 0 Å². The molecule has 0 saturated heterocycles. The summed E-state index contributed by atoms with van der Waals surface area (Å²) in [5.41, 5.74) is 1.36. The summed E-state index contributed by atoms with van der Waals surface area (Å²) in [7, 11) is 1.87. The van der Waals surface area contributed by atoms with Crippen molar-refractivity contribution in [1.82, 2.24) is 14.5 Å². The molecule has 0 saturated carbocycles. The minimum atomic E-state index is -1.01. The van der Waals surface area contributed by atoms with Crippen LogP contribution in [0.25, 0.3) is 11.3 Å². The number of carboxylic acid groups (broad SMARTS) is 1. The molecule has 0 bridgehead atoms. The molecule has 0 aliphatic heterocycles. The number of carbonyl (C=O) groups is 1. The average molecular weight is 217 g/mol. The maximum atomic E-state index is 11.0. The van der Waals surface area contributed by atoms with E-state index in [1.54, 1.807) is 6.92 Å². The number of aryl methyl sites for hydroxylation is 2. The average Bonchev–Trinajstić information content (AvgIpc) is 2.64. The molecule has 0 fully saturated rings. The van der Waals surface area contributed by atoms with Gasteiger partial charge >= 0.3 is 5.97 Å². The van der Waals surface area contributed by atoms with E-state index in [4.69, 9.17) is 5.11 Å². The van der Waals surface area contributed by atoms with E-state index in [9.17, 15) is 4.79 Å². The molecule has 0 radical (unpaired) electrons. The number of aromatic carboxylic acids is 1. The summed E-state index contributed by atoms with van der Waals surface area (Å²) < 4.78 is 1.85. The fourth-order valence-electron chi connectivity index (χ4n) is 1.49. The largest absolute Gasteiger partial charge is 0.478 e. The van der Waals surface area contributed by atoms with E-state index in [1.807, 2.05) is 30.1 Å². The Morgan fingerprint density at radius 1 is 1.50 bits per heavy atom. The van der Waals surface area contributed by atoms with Crippen molar-refractivity contribution in [2.75, 3.05) is 0 Å². The fraction of sp³-hybridized carbons (Fsp3) is 0.182. The third kappa shape index (κ3) is 1.79. The van der Waals surface area contributed by atoms with Gasteiger partial charge in [0.2, 0.25) is 0 Å². The van der Waals surface area contributed by atoms with E-state index in [0.717, 1.165) is 5.56 Å². The molecule has 16 heavy (non-hydrogen) atoms. The Bertz CT molecular complexity index is 546. The quantitative estimate of drug-likeness (QED) is 0.827. The van der Waals surface area contributed by atoms with Crippen LogP contribution >= 0.6 is 0 Å². The van der Waals surface area contributed by atoms with Crippen LogP contribution in [-0.4, -0.2) is 25.6 Å². The molecule has 0 atom stereocenters. The monoisotopic (exact) mass is 217 g/mol. The van der Waals surface area contributed by atoms with Crippen molar-refractivity contribution in [2.24, 2.45) is 7.05 Å². The molecular weight excluding hydrogens is 206 g/mol. The van der Waals surface area contributed by atoms with Crippen LogP contribution in [0.1, 0.15) is 16.2 Å². The highest BCUT2D eigenvalue weighted by Crippen LogP contribution is 2.21. The van der Waals surface area contributed by atoms with Gasteiger partial charge in [-0.15, -0.1) is 0 Å². The van der Waals surface area contributed by atoms with Gasteiger partial charge in [0.25, 0.3) is 0 Å². The molecule has 2 heterocycles. The van der Waals surface area contributed by atoms with Gasteiger partial charge in [-0.25, -0.2) is 14.8 Å². The number of hydrogen-bond donors (Lipinski definition) is 1. The standard InChI is InChI=1S/C11H11N3O2/c1-7-12-5-9(11(15)16)10(13-7)8-3-4-14(2)6-8/h3-6H,1-2H3,(H,15,16). The molecule has 2 rings (SSSR count). The van der Waals surface area contributed by atoms with Crippen molar-refractivity contribution in [3.63, 3.8) is 0 Å². The minimum absolute atomic E-state index is 0.122. The predicted molar refractivity (Wildman–Crippen MR) is 58.1 cm³/mol. The van der Waals surface area contributed by atoms with E-state index in [2.05, 4.69) is 9.97 Å². The molecule has 5 nitrogen and oxygen atoms in total. The van der Waals surface area contributed by atoms with Gasteiger partial charge in [0.1, 0.15) is 11.4 Å². The first kappa shape index (κ1) is 10.4. The maximum Gasteiger partial charge on any atom is 0.339 e. The van der Waals surface area contributed by atoms with Crippen LogP contribution in [0.2, 0.25) is 0 Å². The lowest BCUT2D eigenvalue weighted by molar-refractivity contribution is 0.0697. The Morgan fingerprint density at radius 2 is 2.25 bits per heavy atom. The van der Waals surface area contributed by atoms with Crippen LogP contribution in [0, 0.1) is 6.92 Å². The van der Waals surface area contributed by atoms with Crippen molar-refractivity contribution in [3.8, 4) is 11.3 Å². The fourth-order valence-corrected chi connectivity index (χ4v) is 1.49. The molecular formula is C11H11N3O2. The molecule has 2 aromatic rings. The zero-order chi connectivity index (χ0) is 11.7. The van der Waals surface area contributed by atoms with Crippen molar-refractivity contribution >= 4 is 5.97 Å². The molecule has 5 heteroatoms. The Hall–Kier alpha value is -2.17. The predicted octanol–water partition coefficient (Wildman–Crippen LogP) is 1.49. The zero-order valence-electron chi connectivity index (χ0n) is 9.01. The molecule has 0 aliphatic carbocycles. The van der Waals surface area contributed by atoms with Crippen LogP contribution in [0.5, 0.6) is 0 Å². The Labute approximate surface area is 92.4 Å². The summed E-state index contributed by atoms with van der Waals surface area (Å²) in [5, 5.41) is 9.04. The lowest BCUT2D eigenvalue weighted by atomic mass is 10.1. The first-order valence-electron chi connectivity index (χ1n) is 4.77. The number of nitrogens with zero attached hydrogens (tertiary/aromatic N) is 3.